The summed E-state index contributed by atoms with van der Waals surface area (Å²) in [7, 11) is 0. The Morgan fingerprint density at radius 3 is 2.59 bits per heavy atom. The number of aromatic nitrogens is 4. The van der Waals surface area contributed by atoms with Crippen molar-refractivity contribution in [3.63, 3.8) is 0 Å². The third-order valence-electron chi connectivity index (χ3n) is 3.41. The molecular weight excluding hydrogens is 344 g/mol. The van der Waals surface area contributed by atoms with E-state index in [1.807, 2.05) is 60.1 Å². The number of halogens is 1. The van der Waals surface area contributed by atoms with Gasteiger partial charge in [0, 0.05) is 22.4 Å². The normalized spacial score (nSPS) is 11.2. The molecule has 6 heteroatoms. The molecule has 5 nitrogen and oxygen atoms in total. The fourth-order valence-corrected chi connectivity index (χ4v) is 2.56. The average Bonchev–Trinajstić information content (AvgIpc) is 3.15. The van der Waals surface area contributed by atoms with Crippen molar-refractivity contribution in [1.29, 1.82) is 0 Å². The Kier molecular flexibility index (Phi) is 3.04. The van der Waals surface area contributed by atoms with Gasteiger partial charge in [-0.2, -0.15) is 0 Å². The molecule has 0 saturated carbocycles. The van der Waals surface area contributed by atoms with Gasteiger partial charge in [0.15, 0.2) is 0 Å². The topological polar surface area (TPSA) is 56.2 Å². The highest BCUT2D eigenvalue weighted by atomic mass is 79.9. The zero-order valence-corrected chi connectivity index (χ0v) is 13.3. The molecule has 0 radical (unpaired) electrons. The highest BCUT2D eigenvalue weighted by Gasteiger charge is 2.14. The largest absolute Gasteiger partial charge is 0.415 e. The molecule has 3 heterocycles. The van der Waals surface area contributed by atoms with Crippen LogP contribution >= 0.6 is 15.9 Å². The zero-order valence-electron chi connectivity index (χ0n) is 11.7. The van der Waals surface area contributed by atoms with E-state index in [2.05, 4.69) is 31.1 Å². The van der Waals surface area contributed by atoms with Crippen molar-refractivity contribution in [2.24, 2.45) is 0 Å². The molecule has 0 aliphatic heterocycles. The van der Waals surface area contributed by atoms with Crippen molar-refractivity contribution in [1.82, 2.24) is 19.6 Å². The first-order valence-electron chi connectivity index (χ1n) is 6.75. The number of aryl methyl sites for hydroxylation is 1. The number of hydrogen-bond donors (Lipinski definition) is 0. The maximum atomic E-state index is 5.75. The van der Waals surface area contributed by atoms with Crippen LogP contribution in [0, 0.1) is 6.92 Å². The van der Waals surface area contributed by atoms with Crippen LogP contribution in [0.2, 0.25) is 0 Å². The Balaban J connectivity index is 1.76. The van der Waals surface area contributed by atoms with E-state index >= 15 is 0 Å². The number of rotatable bonds is 2. The molecule has 0 amide bonds. The van der Waals surface area contributed by atoms with Crippen LogP contribution in [0.4, 0.5) is 0 Å². The number of imidazole rings is 1. The summed E-state index contributed by atoms with van der Waals surface area (Å²) in [4.78, 5) is 4.56. The fraction of sp³-hybridized carbons (Fsp3) is 0.0625. The average molecular weight is 355 g/mol. The van der Waals surface area contributed by atoms with E-state index in [0.717, 1.165) is 21.2 Å². The Hall–Kier alpha value is -2.47. The van der Waals surface area contributed by atoms with E-state index in [-0.39, 0.29) is 0 Å². The molecule has 0 aliphatic carbocycles. The second-order valence-electron chi connectivity index (χ2n) is 4.97. The van der Waals surface area contributed by atoms with E-state index in [4.69, 9.17) is 4.42 Å². The molecule has 0 N–H and O–H groups in total. The molecule has 0 bridgehead atoms. The predicted molar refractivity (Wildman–Crippen MR) is 86.4 cm³/mol. The molecular formula is C16H11BrN4O. The van der Waals surface area contributed by atoms with E-state index in [1.165, 1.54) is 0 Å². The van der Waals surface area contributed by atoms with E-state index in [1.54, 1.807) is 0 Å². The first-order valence-corrected chi connectivity index (χ1v) is 7.54. The van der Waals surface area contributed by atoms with Crippen LogP contribution in [-0.2, 0) is 0 Å². The number of fused-ring (bicyclic) bond motifs is 1. The number of pyridine rings is 1. The van der Waals surface area contributed by atoms with Crippen molar-refractivity contribution >= 4 is 21.6 Å². The van der Waals surface area contributed by atoms with Crippen LogP contribution in [0.5, 0.6) is 0 Å². The summed E-state index contributed by atoms with van der Waals surface area (Å²) in [6.45, 7) is 2.02. The molecule has 4 rings (SSSR count). The highest BCUT2D eigenvalue weighted by Crippen LogP contribution is 2.25. The summed E-state index contributed by atoms with van der Waals surface area (Å²) in [5, 5.41) is 8.21. The second kappa shape index (κ2) is 5.06. The van der Waals surface area contributed by atoms with Crippen LogP contribution in [0.15, 0.2) is 57.7 Å². The third-order valence-corrected chi connectivity index (χ3v) is 3.94. The summed E-state index contributed by atoms with van der Waals surface area (Å²) in [5.74, 6) is 0.900. The molecule has 3 aromatic heterocycles. The number of hydrogen-bond acceptors (Lipinski definition) is 4. The van der Waals surface area contributed by atoms with Crippen LogP contribution in [0.3, 0.4) is 0 Å². The lowest BCUT2D eigenvalue weighted by atomic mass is 10.2. The van der Waals surface area contributed by atoms with Gasteiger partial charge in [-0.15, -0.1) is 10.2 Å². The molecule has 0 aliphatic rings. The SMILES string of the molecule is Cc1cccn2cc(-c3nnc(-c4ccc(Br)cc4)o3)nc12. The lowest BCUT2D eigenvalue weighted by Crippen LogP contribution is -1.83. The molecule has 4 aromatic rings. The van der Waals surface area contributed by atoms with Crippen LogP contribution in [-0.4, -0.2) is 19.6 Å². The minimum absolute atomic E-state index is 0.418. The maximum Gasteiger partial charge on any atom is 0.268 e. The van der Waals surface area contributed by atoms with Crippen molar-refractivity contribution < 1.29 is 4.42 Å². The van der Waals surface area contributed by atoms with Gasteiger partial charge in [-0.1, -0.05) is 22.0 Å². The van der Waals surface area contributed by atoms with Crippen molar-refractivity contribution in [3.05, 3.63) is 58.8 Å². The Morgan fingerprint density at radius 2 is 1.82 bits per heavy atom. The van der Waals surface area contributed by atoms with Gasteiger partial charge in [0.25, 0.3) is 5.89 Å². The van der Waals surface area contributed by atoms with Crippen molar-refractivity contribution in [3.8, 4) is 23.0 Å². The lowest BCUT2D eigenvalue weighted by Gasteiger charge is -1.94. The summed E-state index contributed by atoms with van der Waals surface area (Å²) in [6, 6.07) is 11.7. The van der Waals surface area contributed by atoms with Gasteiger partial charge in [0.2, 0.25) is 5.89 Å². The molecule has 0 unspecified atom stereocenters. The minimum Gasteiger partial charge on any atom is -0.415 e. The Labute approximate surface area is 134 Å². The molecule has 108 valence electrons. The summed E-state index contributed by atoms with van der Waals surface area (Å²) in [5.41, 5.74) is 3.54. The highest BCUT2D eigenvalue weighted by molar-refractivity contribution is 9.10. The lowest BCUT2D eigenvalue weighted by molar-refractivity contribution is 0.582. The summed E-state index contributed by atoms with van der Waals surface area (Å²) < 4.78 is 8.71. The van der Waals surface area contributed by atoms with Gasteiger partial charge in [-0.05, 0) is 42.8 Å². The van der Waals surface area contributed by atoms with Gasteiger partial charge in [-0.3, -0.25) is 0 Å². The van der Waals surface area contributed by atoms with Crippen LogP contribution < -0.4 is 0 Å². The number of benzene rings is 1. The summed E-state index contributed by atoms with van der Waals surface area (Å²) in [6.07, 6.45) is 3.84. The zero-order chi connectivity index (χ0) is 15.1. The van der Waals surface area contributed by atoms with Gasteiger partial charge >= 0.3 is 0 Å². The van der Waals surface area contributed by atoms with Crippen molar-refractivity contribution in [2.45, 2.75) is 6.92 Å². The number of nitrogens with zero attached hydrogens (tertiary/aromatic N) is 4. The summed E-state index contributed by atoms with van der Waals surface area (Å²) >= 11 is 3.41. The minimum atomic E-state index is 0.418. The molecule has 22 heavy (non-hydrogen) atoms. The third kappa shape index (κ3) is 2.21. The smallest absolute Gasteiger partial charge is 0.268 e. The van der Waals surface area contributed by atoms with Gasteiger partial charge in [-0.25, -0.2) is 4.98 Å². The van der Waals surface area contributed by atoms with Gasteiger partial charge in [0.05, 0.1) is 0 Å². The van der Waals surface area contributed by atoms with Gasteiger partial charge in [0.1, 0.15) is 11.3 Å². The Bertz CT molecular complexity index is 956. The van der Waals surface area contributed by atoms with E-state index in [9.17, 15) is 0 Å². The predicted octanol–water partition coefficient (Wildman–Crippen LogP) is 4.12. The molecule has 0 saturated heterocycles. The monoisotopic (exact) mass is 354 g/mol. The standard InChI is InChI=1S/C16H11BrN4O/c1-10-3-2-8-21-9-13(18-14(10)21)16-20-19-15(22-16)11-4-6-12(17)7-5-11/h2-9H,1H3. The van der Waals surface area contributed by atoms with E-state index < -0.39 is 0 Å². The first kappa shape index (κ1) is 13.2. The quantitative estimate of drug-likeness (QED) is 0.543. The molecule has 0 atom stereocenters. The molecule has 0 spiro atoms. The second-order valence-corrected chi connectivity index (χ2v) is 5.88. The van der Waals surface area contributed by atoms with Gasteiger partial charge < -0.3 is 8.82 Å². The first-order chi connectivity index (χ1) is 10.7. The molecule has 0 fully saturated rings. The van der Waals surface area contributed by atoms with E-state index in [0.29, 0.717) is 17.5 Å². The molecule has 1 aromatic carbocycles. The Morgan fingerprint density at radius 1 is 1.05 bits per heavy atom. The van der Waals surface area contributed by atoms with Crippen LogP contribution in [0.1, 0.15) is 5.56 Å². The van der Waals surface area contributed by atoms with Crippen LogP contribution in [0.25, 0.3) is 28.7 Å². The fourth-order valence-electron chi connectivity index (χ4n) is 2.29. The maximum absolute atomic E-state index is 5.75. The van der Waals surface area contributed by atoms with Crippen molar-refractivity contribution in [2.75, 3.05) is 0 Å².